The molecule has 3 rings (SSSR count). The van der Waals surface area contributed by atoms with Crippen molar-refractivity contribution in [3.63, 3.8) is 0 Å². The topological polar surface area (TPSA) is 72.7 Å². The van der Waals surface area contributed by atoms with Crippen molar-refractivity contribution in [2.45, 2.75) is 0 Å². The first kappa shape index (κ1) is 13.7. The van der Waals surface area contributed by atoms with E-state index in [1.165, 1.54) is 6.33 Å². The Kier molecular flexibility index (Phi) is 3.91. The minimum Gasteiger partial charge on any atom is -0.322 e. The number of nitrogens with zero attached hydrogens (tertiary/aromatic N) is 4. The van der Waals surface area contributed by atoms with Crippen LogP contribution in [0.5, 0.6) is 0 Å². The number of hydrogen-bond acceptors (Lipinski definition) is 4. The SMILES string of the molecule is O=C(Nc1ccc(-n2cnnn2)cc1)c1ccccc1I. The van der Waals surface area contributed by atoms with Crippen molar-refractivity contribution in [2.24, 2.45) is 0 Å². The zero-order chi connectivity index (χ0) is 14.7. The predicted molar refractivity (Wildman–Crippen MR) is 86.3 cm³/mol. The third kappa shape index (κ3) is 3.07. The van der Waals surface area contributed by atoms with E-state index in [4.69, 9.17) is 0 Å². The van der Waals surface area contributed by atoms with Gasteiger partial charge < -0.3 is 5.32 Å². The van der Waals surface area contributed by atoms with Crippen LogP contribution in [0.15, 0.2) is 54.9 Å². The average Bonchev–Trinajstić information content (AvgIpc) is 3.02. The Morgan fingerprint density at radius 2 is 1.86 bits per heavy atom. The molecule has 2 aromatic carbocycles. The summed E-state index contributed by atoms with van der Waals surface area (Å²) in [7, 11) is 0. The highest BCUT2D eigenvalue weighted by molar-refractivity contribution is 14.1. The van der Waals surface area contributed by atoms with Gasteiger partial charge in [-0.1, -0.05) is 12.1 Å². The molecule has 0 bridgehead atoms. The van der Waals surface area contributed by atoms with Crippen LogP contribution in [0.1, 0.15) is 10.4 Å². The highest BCUT2D eigenvalue weighted by Gasteiger charge is 2.09. The zero-order valence-electron chi connectivity index (χ0n) is 10.8. The molecule has 7 heteroatoms. The lowest BCUT2D eigenvalue weighted by atomic mass is 10.2. The molecule has 21 heavy (non-hydrogen) atoms. The summed E-state index contributed by atoms with van der Waals surface area (Å²) < 4.78 is 2.46. The third-order valence-electron chi connectivity index (χ3n) is 2.86. The number of anilines is 1. The summed E-state index contributed by atoms with van der Waals surface area (Å²) in [5.41, 5.74) is 2.20. The lowest BCUT2D eigenvalue weighted by molar-refractivity contribution is 0.102. The Morgan fingerprint density at radius 3 is 2.52 bits per heavy atom. The summed E-state index contributed by atoms with van der Waals surface area (Å²) in [4.78, 5) is 12.2. The molecular formula is C14H10IN5O. The highest BCUT2D eigenvalue weighted by Crippen LogP contribution is 2.16. The fourth-order valence-electron chi connectivity index (χ4n) is 1.82. The van der Waals surface area contributed by atoms with E-state index in [-0.39, 0.29) is 5.91 Å². The Hall–Kier alpha value is -2.29. The Labute approximate surface area is 134 Å². The molecule has 0 atom stereocenters. The standard InChI is InChI=1S/C14H10IN5O/c15-13-4-2-1-3-12(13)14(21)17-10-5-7-11(8-6-10)20-9-16-18-19-20/h1-9H,(H,17,21). The lowest BCUT2D eigenvalue weighted by Gasteiger charge is -2.07. The van der Waals surface area contributed by atoms with Crippen molar-refractivity contribution in [1.29, 1.82) is 0 Å². The van der Waals surface area contributed by atoms with E-state index in [0.29, 0.717) is 5.56 Å². The minimum atomic E-state index is -0.129. The number of aromatic nitrogens is 4. The van der Waals surface area contributed by atoms with Gasteiger partial charge in [-0.05, 0) is 69.4 Å². The molecule has 0 aliphatic heterocycles. The van der Waals surface area contributed by atoms with Crippen molar-refractivity contribution in [3.8, 4) is 5.69 Å². The van der Waals surface area contributed by atoms with E-state index in [9.17, 15) is 4.79 Å². The summed E-state index contributed by atoms with van der Waals surface area (Å²) >= 11 is 2.14. The van der Waals surface area contributed by atoms with Crippen LogP contribution in [0.3, 0.4) is 0 Å². The second-order valence-electron chi connectivity index (χ2n) is 4.24. The maximum Gasteiger partial charge on any atom is 0.256 e. The third-order valence-corrected chi connectivity index (χ3v) is 3.80. The number of halogens is 1. The van der Waals surface area contributed by atoms with Gasteiger partial charge in [0, 0.05) is 9.26 Å². The molecule has 1 N–H and O–H groups in total. The number of tetrazole rings is 1. The summed E-state index contributed by atoms with van der Waals surface area (Å²) in [5, 5.41) is 13.8. The van der Waals surface area contributed by atoms with Crippen LogP contribution in [0.2, 0.25) is 0 Å². The number of nitrogens with one attached hydrogen (secondary N) is 1. The first-order valence-electron chi connectivity index (χ1n) is 6.13. The molecule has 0 saturated heterocycles. The largest absolute Gasteiger partial charge is 0.322 e. The Balaban J connectivity index is 1.77. The van der Waals surface area contributed by atoms with Crippen molar-refractivity contribution in [2.75, 3.05) is 5.32 Å². The van der Waals surface area contributed by atoms with Gasteiger partial charge in [-0.3, -0.25) is 4.79 Å². The second kappa shape index (κ2) is 6.00. The van der Waals surface area contributed by atoms with E-state index in [1.54, 1.807) is 10.7 Å². The number of hydrogen-bond donors (Lipinski definition) is 1. The van der Waals surface area contributed by atoms with Gasteiger partial charge in [-0.25, -0.2) is 4.68 Å². The molecule has 6 nitrogen and oxygen atoms in total. The van der Waals surface area contributed by atoms with Crippen LogP contribution < -0.4 is 5.32 Å². The van der Waals surface area contributed by atoms with Gasteiger partial charge in [0.2, 0.25) is 0 Å². The number of carbonyl (C=O) groups excluding carboxylic acids is 1. The van der Waals surface area contributed by atoms with E-state index < -0.39 is 0 Å². The van der Waals surface area contributed by atoms with Gasteiger partial charge in [-0.15, -0.1) is 5.10 Å². The summed E-state index contributed by atoms with van der Waals surface area (Å²) in [5.74, 6) is -0.129. The second-order valence-corrected chi connectivity index (χ2v) is 5.40. The smallest absolute Gasteiger partial charge is 0.256 e. The zero-order valence-corrected chi connectivity index (χ0v) is 12.9. The van der Waals surface area contributed by atoms with E-state index in [0.717, 1.165) is 14.9 Å². The number of benzene rings is 2. The molecule has 1 heterocycles. The minimum absolute atomic E-state index is 0.129. The van der Waals surface area contributed by atoms with Gasteiger partial charge in [0.1, 0.15) is 6.33 Å². The predicted octanol–water partition coefficient (Wildman–Crippen LogP) is 2.52. The lowest BCUT2D eigenvalue weighted by Crippen LogP contribution is -2.13. The van der Waals surface area contributed by atoms with E-state index >= 15 is 0 Å². The van der Waals surface area contributed by atoms with Gasteiger partial charge in [-0.2, -0.15) is 0 Å². The Bertz CT molecular complexity index is 755. The molecule has 0 spiro atoms. The molecule has 3 aromatic rings. The van der Waals surface area contributed by atoms with Gasteiger partial charge >= 0.3 is 0 Å². The molecule has 0 unspecified atom stereocenters. The van der Waals surface area contributed by atoms with Crippen LogP contribution in [0.4, 0.5) is 5.69 Å². The quantitative estimate of drug-likeness (QED) is 0.697. The Morgan fingerprint density at radius 1 is 1.10 bits per heavy atom. The van der Waals surface area contributed by atoms with Gasteiger partial charge in [0.15, 0.2) is 0 Å². The maximum absolute atomic E-state index is 12.2. The maximum atomic E-state index is 12.2. The van der Waals surface area contributed by atoms with Crippen molar-refractivity contribution < 1.29 is 4.79 Å². The summed E-state index contributed by atoms with van der Waals surface area (Å²) in [6, 6.07) is 14.7. The molecule has 1 amide bonds. The fraction of sp³-hybridized carbons (Fsp3) is 0. The molecule has 0 aliphatic carbocycles. The van der Waals surface area contributed by atoms with Crippen LogP contribution in [-0.2, 0) is 0 Å². The summed E-state index contributed by atoms with van der Waals surface area (Å²) in [6.45, 7) is 0. The molecular weight excluding hydrogens is 381 g/mol. The summed E-state index contributed by atoms with van der Waals surface area (Å²) in [6.07, 6.45) is 1.51. The van der Waals surface area contributed by atoms with Crippen LogP contribution in [0.25, 0.3) is 5.69 Å². The average molecular weight is 391 g/mol. The van der Waals surface area contributed by atoms with Crippen molar-refractivity contribution in [1.82, 2.24) is 20.2 Å². The monoisotopic (exact) mass is 391 g/mol. The molecule has 0 saturated carbocycles. The normalized spacial score (nSPS) is 10.3. The van der Waals surface area contributed by atoms with Gasteiger partial charge in [0.25, 0.3) is 5.91 Å². The first-order chi connectivity index (χ1) is 10.2. The molecule has 0 radical (unpaired) electrons. The van der Waals surface area contributed by atoms with Gasteiger partial charge in [0.05, 0.1) is 11.3 Å². The van der Waals surface area contributed by atoms with E-state index in [2.05, 4.69) is 43.4 Å². The van der Waals surface area contributed by atoms with Crippen LogP contribution in [-0.4, -0.2) is 26.1 Å². The van der Waals surface area contributed by atoms with Crippen molar-refractivity contribution >= 4 is 34.2 Å². The fourth-order valence-corrected chi connectivity index (χ4v) is 2.45. The highest BCUT2D eigenvalue weighted by atomic mass is 127. The van der Waals surface area contributed by atoms with E-state index in [1.807, 2.05) is 42.5 Å². The molecule has 1 aromatic heterocycles. The molecule has 0 aliphatic rings. The molecule has 104 valence electrons. The van der Waals surface area contributed by atoms with Crippen molar-refractivity contribution in [3.05, 3.63) is 64.0 Å². The van der Waals surface area contributed by atoms with Crippen LogP contribution in [0, 0.1) is 3.57 Å². The van der Waals surface area contributed by atoms with Crippen LogP contribution >= 0.6 is 22.6 Å². The number of amides is 1. The number of carbonyl (C=O) groups is 1. The number of rotatable bonds is 3. The molecule has 0 fully saturated rings. The first-order valence-corrected chi connectivity index (χ1v) is 7.21.